The highest BCUT2D eigenvalue weighted by molar-refractivity contribution is 6.30. The first-order valence-electron chi connectivity index (χ1n) is 5.67. The molecule has 0 aliphatic heterocycles. The van der Waals surface area contributed by atoms with Crippen LogP contribution in [0.2, 0.25) is 5.02 Å². The SMILES string of the molecule is CCCOCC(C)OC(=O)c1cccc(Cl)c1. The minimum atomic E-state index is -0.375. The van der Waals surface area contributed by atoms with Crippen LogP contribution in [0.4, 0.5) is 0 Å². The molecule has 0 bridgehead atoms. The highest BCUT2D eigenvalue weighted by Crippen LogP contribution is 2.12. The summed E-state index contributed by atoms with van der Waals surface area (Å²) in [5, 5.41) is 0.523. The Morgan fingerprint density at radius 2 is 2.24 bits per heavy atom. The van der Waals surface area contributed by atoms with Gasteiger partial charge in [0.05, 0.1) is 12.2 Å². The van der Waals surface area contributed by atoms with Gasteiger partial charge in [-0.1, -0.05) is 24.6 Å². The summed E-state index contributed by atoms with van der Waals surface area (Å²) < 4.78 is 10.5. The molecule has 17 heavy (non-hydrogen) atoms. The number of carbonyl (C=O) groups is 1. The number of carbonyl (C=O) groups excluding carboxylic acids is 1. The van der Waals surface area contributed by atoms with Gasteiger partial charge in [0.15, 0.2) is 0 Å². The summed E-state index contributed by atoms with van der Waals surface area (Å²) in [6.07, 6.45) is 0.697. The number of rotatable bonds is 6. The average Bonchev–Trinajstić information content (AvgIpc) is 2.29. The van der Waals surface area contributed by atoms with E-state index in [4.69, 9.17) is 21.1 Å². The van der Waals surface area contributed by atoms with Crippen molar-refractivity contribution in [2.24, 2.45) is 0 Å². The lowest BCUT2D eigenvalue weighted by Crippen LogP contribution is -2.20. The molecule has 0 aromatic heterocycles. The van der Waals surface area contributed by atoms with Crippen molar-refractivity contribution in [2.45, 2.75) is 26.4 Å². The quantitative estimate of drug-likeness (QED) is 0.579. The van der Waals surface area contributed by atoms with Gasteiger partial charge in [-0.25, -0.2) is 4.79 Å². The molecule has 1 rings (SSSR count). The van der Waals surface area contributed by atoms with Crippen molar-refractivity contribution in [3.05, 3.63) is 34.9 Å². The number of benzene rings is 1. The molecule has 0 radical (unpaired) electrons. The molecule has 0 fully saturated rings. The summed E-state index contributed by atoms with van der Waals surface area (Å²) in [4.78, 5) is 11.7. The van der Waals surface area contributed by atoms with Gasteiger partial charge in [0.1, 0.15) is 6.10 Å². The van der Waals surface area contributed by atoms with Gasteiger partial charge in [-0.15, -0.1) is 0 Å². The van der Waals surface area contributed by atoms with E-state index in [9.17, 15) is 4.79 Å². The topological polar surface area (TPSA) is 35.5 Å². The Morgan fingerprint density at radius 1 is 1.47 bits per heavy atom. The zero-order valence-electron chi connectivity index (χ0n) is 10.1. The lowest BCUT2D eigenvalue weighted by Gasteiger charge is -2.13. The summed E-state index contributed by atoms with van der Waals surface area (Å²) in [5.74, 6) is -0.375. The Bertz CT molecular complexity index is 365. The molecular weight excluding hydrogens is 240 g/mol. The van der Waals surface area contributed by atoms with E-state index in [1.54, 1.807) is 31.2 Å². The van der Waals surface area contributed by atoms with Crippen molar-refractivity contribution < 1.29 is 14.3 Å². The Morgan fingerprint density at radius 3 is 2.88 bits per heavy atom. The van der Waals surface area contributed by atoms with E-state index in [0.29, 0.717) is 23.8 Å². The monoisotopic (exact) mass is 256 g/mol. The van der Waals surface area contributed by atoms with Crippen LogP contribution in [0, 0.1) is 0 Å². The lowest BCUT2D eigenvalue weighted by molar-refractivity contribution is 0.00226. The molecule has 0 amide bonds. The van der Waals surface area contributed by atoms with Gasteiger partial charge in [0.25, 0.3) is 0 Å². The summed E-state index contributed by atoms with van der Waals surface area (Å²) in [6, 6.07) is 6.70. The van der Waals surface area contributed by atoms with E-state index in [0.717, 1.165) is 6.42 Å². The van der Waals surface area contributed by atoms with Crippen LogP contribution in [0.1, 0.15) is 30.6 Å². The van der Waals surface area contributed by atoms with E-state index in [1.165, 1.54) is 0 Å². The molecule has 1 unspecified atom stereocenters. The standard InChI is InChI=1S/C13H17ClO3/c1-3-7-16-9-10(2)17-13(15)11-5-4-6-12(14)8-11/h4-6,8,10H,3,7,9H2,1-2H3. The molecule has 0 spiro atoms. The summed E-state index contributed by atoms with van der Waals surface area (Å²) in [7, 11) is 0. The Hall–Kier alpha value is -1.06. The fourth-order valence-electron chi connectivity index (χ4n) is 1.29. The van der Waals surface area contributed by atoms with Crippen molar-refractivity contribution in [3.63, 3.8) is 0 Å². The number of esters is 1. The number of hydrogen-bond donors (Lipinski definition) is 0. The molecule has 0 aliphatic rings. The first kappa shape index (κ1) is 14.0. The van der Waals surface area contributed by atoms with Gasteiger partial charge < -0.3 is 9.47 Å². The molecule has 0 aliphatic carbocycles. The largest absolute Gasteiger partial charge is 0.457 e. The third kappa shape index (κ3) is 5.20. The Labute approximate surface area is 107 Å². The number of ether oxygens (including phenoxy) is 2. The molecule has 0 saturated carbocycles. The molecule has 0 N–H and O–H groups in total. The summed E-state index contributed by atoms with van der Waals surface area (Å²) >= 11 is 5.80. The summed E-state index contributed by atoms with van der Waals surface area (Å²) in [5.41, 5.74) is 0.458. The van der Waals surface area contributed by atoms with Crippen molar-refractivity contribution in [1.82, 2.24) is 0 Å². The normalized spacial score (nSPS) is 12.2. The average molecular weight is 257 g/mol. The van der Waals surface area contributed by atoms with Crippen LogP contribution >= 0.6 is 11.6 Å². The van der Waals surface area contributed by atoms with Crippen molar-refractivity contribution in [3.8, 4) is 0 Å². The fourth-order valence-corrected chi connectivity index (χ4v) is 1.48. The van der Waals surface area contributed by atoms with Crippen molar-refractivity contribution in [1.29, 1.82) is 0 Å². The maximum atomic E-state index is 11.7. The smallest absolute Gasteiger partial charge is 0.338 e. The van der Waals surface area contributed by atoms with Crippen LogP contribution in [0.3, 0.4) is 0 Å². The minimum Gasteiger partial charge on any atom is -0.457 e. The zero-order valence-corrected chi connectivity index (χ0v) is 10.9. The number of hydrogen-bond acceptors (Lipinski definition) is 3. The van der Waals surface area contributed by atoms with Crippen molar-refractivity contribution in [2.75, 3.05) is 13.2 Å². The predicted octanol–water partition coefficient (Wildman–Crippen LogP) is 3.31. The van der Waals surface area contributed by atoms with E-state index >= 15 is 0 Å². The summed E-state index contributed by atoms with van der Waals surface area (Å²) in [6.45, 7) is 4.93. The van der Waals surface area contributed by atoms with Crippen LogP contribution in [-0.2, 0) is 9.47 Å². The van der Waals surface area contributed by atoms with E-state index in [1.807, 2.05) is 6.92 Å². The molecule has 4 heteroatoms. The minimum absolute atomic E-state index is 0.256. The Balaban J connectivity index is 2.43. The molecule has 1 aromatic rings. The third-order valence-electron chi connectivity index (χ3n) is 2.07. The highest BCUT2D eigenvalue weighted by Gasteiger charge is 2.12. The highest BCUT2D eigenvalue weighted by atomic mass is 35.5. The Kier molecular flexibility index (Phi) is 6.01. The van der Waals surface area contributed by atoms with E-state index in [2.05, 4.69) is 0 Å². The second kappa shape index (κ2) is 7.30. The molecule has 1 atom stereocenters. The van der Waals surface area contributed by atoms with E-state index < -0.39 is 0 Å². The molecule has 1 aromatic carbocycles. The molecule has 94 valence electrons. The first-order valence-corrected chi connectivity index (χ1v) is 6.05. The number of halogens is 1. The lowest BCUT2D eigenvalue weighted by atomic mass is 10.2. The van der Waals surface area contributed by atoms with E-state index in [-0.39, 0.29) is 12.1 Å². The molecule has 0 saturated heterocycles. The maximum Gasteiger partial charge on any atom is 0.338 e. The first-order chi connectivity index (χ1) is 8.13. The van der Waals surface area contributed by atoms with Gasteiger partial charge in [0, 0.05) is 11.6 Å². The third-order valence-corrected chi connectivity index (χ3v) is 2.30. The molecule has 3 nitrogen and oxygen atoms in total. The van der Waals surface area contributed by atoms with Crippen LogP contribution in [0.25, 0.3) is 0 Å². The van der Waals surface area contributed by atoms with Gasteiger partial charge >= 0.3 is 5.97 Å². The predicted molar refractivity (Wildman–Crippen MR) is 67.4 cm³/mol. The fraction of sp³-hybridized carbons (Fsp3) is 0.462. The van der Waals surface area contributed by atoms with Crippen LogP contribution in [0.5, 0.6) is 0 Å². The van der Waals surface area contributed by atoms with Gasteiger partial charge in [-0.2, -0.15) is 0 Å². The zero-order chi connectivity index (χ0) is 12.7. The molecule has 0 heterocycles. The van der Waals surface area contributed by atoms with Crippen molar-refractivity contribution >= 4 is 17.6 Å². The maximum absolute atomic E-state index is 11.7. The van der Waals surface area contributed by atoms with Gasteiger partial charge in [-0.3, -0.25) is 0 Å². The van der Waals surface area contributed by atoms with Crippen LogP contribution in [-0.4, -0.2) is 25.3 Å². The van der Waals surface area contributed by atoms with Crippen LogP contribution in [0.15, 0.2) is 24.3 Å². The van der Waals surface area contributed by atoms with Gasteiger partial charge in [-0.05, 0) is 31.5 Å². The van der Waals surface area contributed by atoms with Gasteiger partial charge in [0.2, 0.25) is 0 Å². The molecular formula is C13H17ClO3. The second-order valence-electron chi connectivity index (χ2n) is 3.80. The van der Waals surface area contributed by atoms with Crippen LogP contribution < -0.4 is 0 Å². The second-order valence-corrected chi connectivity index (χ2v) is 4.24.